The molecule has 6 nitrogen and oxygen atoms in total. The minimum absolute atomic E-state index is 0.192. The molecule has 0 aromatic carbocycles. The Balaban J connectivity index is 2.02. The number of amides is 1. The Labute approximate surface area is 137 Å². The van der Waals surface area contributed by atoms with E-state index in [0.29, 0.717) is 18.1 Å². The second kappa shape index (κ2) is 6.91. The van der Waals surface area contributed by atoms with Crippen LogP contribution in [0, 0.1) is 0 Å². The largest absolute Gasteiger partial charge is 0.444 e. The molecule has 1 fully saturated rings. The number of piperidine rings is 1. The van der Waals surface area contributed by atoms with E-state index in [9.17, 15) is 9.00 Å². The summed E-state index contributed by atoms with van der Waals surface area (Å²) in [5.74, 6) is 0. The number of nitrogens with zero attached hydrogens (tertiary/aromatic N) is 3. The second-order valence-electron chi connectivity index (χ2n) is 6.17. The van der Waals surface area contributed by atoms with Crippen molar-refractivity contribution in [1.29, 1.82) is 0 Å². The van der Waals surface area contributed by atoms with E-state index < -0.39 is 16.4 Å². The maximum absolute atomic E-state index is 12.5. The van der Waals surface area contributed by atoms with Crippen LogP contribution in [0.1, 0.15) is 33.6 Å². The highest BCUT2D eigenvalue weighted by molar-refractivity contribution is 7.85. The molecule has 122 valence electrons. The highest BCUT2D eigenvalue weighted by atomic mass is 35.5. The maximum atomic E-state index is 12.5. The van der Waals surface area contributed by atoms with Crippen molar-refractivity contribution in [3.63, 3.8) is 0 Å². The van der Waals surface area contributed by atoms with E-state index in [1.807, 2.05) is 20.8 Å². The molecule has 2 atom stereocenters. The minimum Gasteiger partial charge on any atom is -0.444 e. The van der Waals surface area contributed by atoms with Crippen LogP contribution in [0.15, 0.2) is 17.6 Å². The fraction of sp³-hybridized carbons (Fsp3) is 0.643. The summed E-state index contributed by atoms with van der Waals surface area (Å²) in [4.78, 5) is 21.7. The van der Waals surface area contributed by atoms with Crippen LogP contribution in [0.4, 0.5) is 4.79 Å². The number of hydrogen-bond acceptors (Lipinski definition) is 5. The minimum atomic E-state index is -1.37. The van der Waals surface area contributed by atoms with Crippen LogP contribution in [0.2, 0.25) is 5.02 Å². The van der Waals surface area contributed by atoms with Crippen molar-refractivity contribution in [1.82, 2.24) is 14.9 Å². The van der Waals surface area contributed by atoms with Gasteiger partial charge in [-0.2, -0.15) is 0 Å². The standard InChI is InChI=1S/C14H20ClN3O3S/c1-14(2,3)21-13(19)18-6-4-5-11(9-18)22(20)12-16-7-10(15)8-17-12/h7-8,11H,4-6,9H2,1-3H3/t11-,22+/m0/s1. The third kappa shape index (κ3) is 4.64. The molecular formula is C14H20ClN3O3S. The van der Waals surface area contributed by atoms with Crippen LogP contribution in [0.3, 0.4) is 0 Å². The first-order chi connectivity index (χ1) is 10.3. The molecular weight excluding hydrogens is 326 g/mol. The zero-order valence-corrected chi connectivity index (χ0v) is 14.5. The average Bonchev–Trinajstić information content (AvgIpc) is 2.46. The lowest BCUT2D eigenvalue weighted by atomic mass is 10.1. The molecule has 1 amide bonds. The number of carbonyl (C=O) groups excluding carboxylic acids is 1. The number of carbonyl (C=O) groups is 1. The lowest BCUT2D eigenvalue weighted by molar-refractivity contribution is 0.0219. The van der Waals surface area contributed by atoms with Crippen molar-refractivity contribution < 1.29 is 13.7 Å². The van der Waals surface area contributed by atoms with Crippen LogP contribution in [-0.4, -0.2) is 49.1 Å². The van der Waals surface area contributed by atoms with Crippen molar-refractivity contribution in [3.8, 4) is 0 Å². The number of rotatable bonds is 2. The highest BCUT2D eigenvalue weighted by Gasteiger charge is 2.31. The first-order valence-corrected chi connectivity index (χ1v) is 8.71. The first kappa shape index (κ1) is 17.1. The molecule has 1 aromatic heterocycles. The van der Waals surface area contributed by atoms with Crippen molar-refractivity contribution >= 4 is 28.5 Å². The molecule has 0 saturated carbocycles. The molecule has 1 saturated heterocycles. The quantitative estimate of drug-likeness (QED) is 0.770. The van der Waals surface area contributed by atoms with Gasteiger partial charge in [-0.1, -0.05) is 11.6 Å². The normalized spacial score (nSPS) is 20.5. The van der Waals surface area contributed by atoms with Crippen molar-refractivity contribution in [2.45, 2.75) is 49.6 Å². The van der Waals surface area contributed by atoms with Crippen LogP contribution in [0.25, 0.3) is 0 Å². The molecule has 1 aliphatic rings. The summed E-state index contributed by atoms with van der Waals surface area (Å²) in [6, 6.07) is 0. The maximum Gasteiger partial charge on any atom is 0.410 e. The van der Waals surface area contributed by atoms with Gasteiger partial charge in [0.15, 0.2) is 0 Å². The Morgan fingerprint density at radius 2 is 2.05 bits per heavy atom. The van der Waals surface area contributed by atoms with Gasteiger partial charge in [0.05, 0.1) is 33.5 Å². The lowest BCUT2D eigenvalue weighted by Gasteiger charge is -2.33. The predicted octanol–water partition coefficient (Wildman–Crippen LogP) is 2.64. The summed E-state index contributed by atoms with van der Waals surface area (Å²) < 4.78 is 17.9. The molecule has 1 aliphatic heterocycles. The fourth-order valence-corrected chi connectivity index (χ4v) is 3.56. The number of ether oxygens (including phenoxy) is 1. The summed E-state index contributed by atoms with van der Waals surface area (Å²) in [5.41, 5.74) is -0.539. The zero-order valence-electron chi connectivity index (χ0n) is 12.9. The van der Waals surface area contributed by atoms with Crippen molar-refractivity contribution in [2.24, 2.45) is 0 Å². The molecule has 0 spiro atoms. The van der Waals surface area contributed by atoms with E-state index in [2.05, 4.69) is 9.97 Å². The van der Waals surface area contributed by atoms with Gasteiger partial charge in [0.1, 0.15) is 5.60 Å². The molecule has 0 radical (unpaired) electrons. The van der Waals surface area contributed by atoms with Gasteiger partial charge in [0, 0.05) is 13.1 Å². The molecule has 0 bridgehead atoms. The van der Waals surface area contributed by atoms with Gasteiger partial charge in [-0.05, 0) is 33.6 Å². The van der Waals surface area contributed by atoms with E-state index in [1.54, 1.807) is 4.90 Å². The van der Waals surface area contributed by atoms with Gasteiger partial charge in [-0.3, -0.25) is 4.21 Å². The van der Waals surface area contributed by atoms with Crippen molar-refractivity contribution in [3.05, 3.63) is 17.4 Å². The van der Waals surface area contributed by atoms with Crippen molar-refractivity contribution in [2.75, 3.05) is 13.1 Å². The van der Waals surface area contributed by atoms with Crippen LogP contribution in [0.5, 0.6) is 0 Å². The van der Waals surface area contributed by atoms with Gasteiger partial charge in [0.25, 0.3) is 0 Å². The molecule has 8 heteroatoms. The Morgan fingerprint density at radius 1 is 1.41 bits per heavy atom. The van der Waals surface area contributed by atoms with Gasteiger partial charge in [-0.25, -0.2) is 14.8 Å². The number of likely N-dealkylation sites (tertiary alicyclic amines) is 1. The number of aromatic nitrogens is 2. The molecule has 2 rings (SSSR count). The van der Waals surface area contributed by atoms with E-state index in [4.69, 9.17) is 16.3 Å². The monoisotopic (exact) mass is 345 g/mol. The van der Waals surface area contributed by atoms with Crippen LogP contribution < -0.4 is 0 Å². The highest BCUT2D eigenvalue weighted by Crippen LogP contribution is 2.21. The van der Waals surface area contributed by atoms with E-state index >= 15 is 0 Å². The van der Waals surface area contributed by atoms with E-state index in [1.165, 1.54) is 12.4 Å². The molecule has 22 heavy (non-hydrogen) atoms. The molecule has 0 unspecified atom stereocenters. The SMILES string of the molecule is CC(C)(C)OC(=O)N1CCC[C@H]([S@@](=O)c2ncc(Cl)cn2)C1. The molecule has 0 aliphatic carbocycles. The predicted molar refractivity (Wildman–Crippen MR) is 84.3 cm³/mol. The third-order valence-corrected chi connectivity index (χ3v) is 4.87. The second-order valence-corrected chi connectivity index (χ2v) is 8.23. The lowest BCUT2D eigenvalue weighted by Crippen LogP contribution is -2.46. The fourth-order valence-electron chi connectivity index (χ4n) is 2.16. The first-order valence-electron chi connectivity index (χ1n) is 7.12. The van der Waals surface area contributed by atoms with Gasteiger partial charge >= 0.3 is 6.09 Å². The average molecular weight is 346 g/mol. The van der Waals surface area contributed by atoms with Gasteiger partial charge in [0.2, 0.25) is 5.16 Å². The summed E-state index contributed by atoms with van der Waals surface area (Å²) in [6.07, 6.45) is 4.03. The Bertz CT molecular complexity index is 559. The molecule has 0 N–H and O–H groups in total. The summed E-state index contributed by atoms with van der Waals surface area (Å²) >= 11 is 5.73. The van der Waals surface area contributed by atoms with E-state index in [0.717, 1.165) is 12.8 Å². The summed E-state index contributed by atoms with van der Waals surface area (Å²) in [7, 11) is -1.37. The van der Waals surface area contributed by atoms with Gasteiger partial charge < -0.3 is 9.64 Å². The Morgan fingerprint density at radius 3 is 2.64 bits per heavy atom. The number of hydrogen-bond donors (Lipinski definition) is 0. The summed E-state index contributed by atoms with van der Waals surface area (Å²) in [5, 5.41) is 0.461. The topological polar surface area (TPSA) is 72.4 Å². The Hall–Kier alpha value is -1.21. The third-order valence-electron chi connectivity index (χ3n) is 3.11. The molecule has 2 heterocycles. The smallest absolute Gasteiger partial charge is 0.410 e. The molecule has 1 aromatic rings. The number of halogens is 1. The van der Waals surface area contributed by atoms with Gasteiger partial charge in [-0.15, -0.1) is 0 Å². The Kier molecular flexibility index (Phi) is 5.39. The van der Waals surface area contributed by atoms with Crippen LogP contribution in [-0.2, 0) is 15.5 Å². The van der Waals surface area contributed by atoms with Crippen LogP contribution >= 0.6 is 11.6 Å². The summed E-state index contributed by atoms with van der Waals surface area (Å²) in [6.45, 7) is 6.47. The van der Waals surface area contributed by atoms with E-state index in [-0.39, 0.29) is 16.5 Å². The zero-order chi connectivity index (χ0) is 16.3.